The summed E-state index contributed by atoms with van der Waals surface area (Å²) in [6.07, 6.45) is 0.147. The van der Waals surface area contributed by atoms with Gasteiger partial charge >= 0.3 is 0 Å². The van der Waals surface area contributed by atoms with E-state index < -0.39 is 0 Å². The van der Waals surface area contributed by atoms with Crippen LogP contribution in [0, 0.1) is 0 Å². The van der Waals surface area contributed by atoms with Gasteiger partial charge in [0.25, 0.3) is 0 Å². The Morgan fingerprint density at radius 3 is 2.54 bits per heavy atom. The van der Waals surface area contributed by atoms with Gasteiger partial charge in [0.1, 0.15) is 5.75 Å². The first-order valence-electron chi connectivity index (χ1n) is 8.04. The van der Waals surface area contributed by atoms with Gasteiger partial charge in [-0.1, -0.05) is 41.4 Å². The Labute approximate surface area is 162 Å². The van der Waals surface area contributed by atoms with Crippen molar-refractivity contribution in [3.8, 4) is 5.75 Å². The molecular formula is C19H20Cl2N2O3. The quantitative estimate of drug-likeness (QED) is 0.769. The van der Waals surface area contributed by atoms with Crippen LogP contribution in [0.4, 0.5) is 5.69 Å². The second kappa shape index (κ2) is 9.46. The SMILES string of the molecule is COc1ccccc1CNC(=O)CCN(C(C)=O)c1ccc(Cl)cc1Cl. The van der Waals surface area contributed by atoms with Crippen molar-refractivity contribution in [3.63, 3.8) is 0 Å². The van der Waals surface area contributed by atoms with Crippen molar-refractivity contribution < 1.29 is 14.3 Å². The standard InChI is InChI=1S/C19H20Cl2N2O3/c1-13(24)23(17-8-7-15(20)11-16(17)21)10-9-19(25)22-12-14-5-3-4-6-18(14)26-2/h3-8,11H,9-10,12H2,1-2H3,(H,22,25). The maximum absolute atomic E-state index is 12.2. The monoisotopic (exact) mass is 394 g/mol. The number of hydrogen-bond donors (Lipinski definition) is 1. The molecule has 0 saturated carbocycles. The van der Waals surface area contributed by atoms with Crippen molar-refractivity contribution in [2.24, 2.45) is 0 Å². The van der Waals surface area contributed by atoms with E-state index in [1.54, 1.807) is 25.3 Å². The number of carbonyl (C=O) groups excluding carboxylic acids is 2. The molecule has 1 N–H and O–H groups in total. The van der Waals surface area contributed by atoms with Crippen molar-refractivity contribution in [1.82, 2.24) is 5.32 Å². The van der Waals surface area contributed by atoms with Gasteiger partial charge in [-0.05, 0) is 24.3 Å². The van der Waals surface area contributed by atoms with Gasteiger partial charge in [0.15, 0.2) is 0 Å². The number of nitrogens with zero attached hydrogens (tertiary/aromatic N) is 1. The lowest BCUT2D eigenvalue weighted by Gasteiger charge is -2.22. The Morgan fingerprint density at radius 1 is 1.15 bits per heavy atom. The fraction of sp³-hybridized carbons (Fsp3) is 0.263. The third-order valence-electron chi connectivity index (χ3n) is 3.81. The largest absolute Gasteiger partial charge is 0.496 e. The predicted octanol–water partition coefficient (Wildman–Crippen LogP) is 4.06. The lowest BCUT2D eigenvalue weighted by molar-refractivity contribution is -0.121. The van der Waals surface area contributed by atoms with Crippen LogP contribution < -0.4 is 15.0 Å². The molecule has 0 fully saturated rings. The third kappa shape index (κ3) is 5.38. The van der Waals surface area contributed by atoms with Gasteiger partial charge < -0.3 is 15.0 Å². The van der Waals surface area contributed by atoms with E-state index in [2.05, 4.69) is 5.32 Å². The van der Waals surface area contributed by atoms with Gasteiger partial charge in [0, 0.05) is 37.0 Å². The highest BCUT2D eigenvalue weighted by Gasteiger charge is 2.16. The Balaban J connectivity index is 1.96. The number of anilines is 1. The van der Waals surface area contributed by atoms with Crippen LogP contribution in [0.3, 0.4) is 0 Å². The molecule has 0 aliphatic rings. The van der Waals surface area contributed by atoms with E-state index in [9.17, 15) is 9.59 Å². The number of methoxy groups -OCH3 is 1. The maximum Gasteiger partial charge on any atom is 0.223 e. The minimum atomic E-state index is -0.202. The molecule has 0 heterocycles. The summed E-state index contributed by atoms with van der Waals surface area (Å²) in [5, 5.41) is 3.68. The van der Waals surface area contributed by atoms with E-state index in [1.165, 1.54) is 11.8 Å². The number of amides is 2. The number of hydrogen-bond acceptors (Lipinski definition) is 3. The van der Waals surface area contributed by atoms with Gasteiger partial charge in [0.05, 0.1) is 17.8 Å². The summed E-state index contributed by atoms with van der Waals surface area (Å²) in [4.78, 5) is 25.6. The first-order chi connectivity index (χ1) is 12.4. The normalized spacial score (nSPS) is 10.3. The zero-order chi connectivity index (χ0) is 19.1. The lowest BCUT2D eigenvalue weighted by atomic mass is 10.2. The first kappa shape index (κ1) is 20.1. The molecule has 0 aliphatic carbocycles. The van der Waals surface area contributed by atoms with Crippen LogP contribution in [-0.4, -0.2) is 25.5 Å². The molecule has 0 unspecified atom stereocenters. The average molecular weight is 395 g/mol. The molecule has 0 saturated heterocycles. The minimum Gasteiger partial charge on any atom is -0.496 e. The lowest BCUT2D eigenvalue weighted by Crippen LogP contribution is -2.34. The molecule has 0 atom stereocenters. The molecule has 0 bridgehead atoms. The zero-order valence-corrected chi connectivity index (χ0v) is 16.1. The molecule has 26 heavy (non-hydrogen) atoms. The molecular weight excluding hydrogens is 375 g/mol. The molecule has 138 valence electrons. The maximum atomic E-state index is 12.2. The number of ether oxygens (including phenoxy) is 1. The molecule has 0 aliphatic heterocycles. The Hall–Kier alpha value is -2.24. The Kier molecular flexibility index (Phi) is 7.30. The van der Waals surface area contributed by atoms with Crippen molar-refractivity contribution in [3.05, 3.63) is 58.1 Å². The van der Waals surface area contributed by atoms with Gasteiger partial charge in [-0.15, -0.1) is 0 Å². The smallest absolute Gasteiger partial charge is 0.223 e. The molecule has 7 heteroatoms. The van der Waals surface area contributed by atoms with Gasteiger partial charge in [-0.2, -0.15) is 0 Å². The second-order valence-electron chi connectivity index (χ2n) is 5.60. The topological polar surface area (TPSA) is 58.6 Å². The van der Waals surface area contributed by atoms with E-state index in [0.29, 0.717) is 28.0 Å². The zero-order valence-electron chi connectivity index (χ0n) is 14.6. The molecule has 0 radical (unpaired) electrons. The van der Waals surface area contributed by atoms with E-state index in [1.807, 2.05) is 24.3 Å². The summed E-state index contributed by atoms with van der Waals surface area (Å²) in [6.45, 7) is 2.00. The van der Waals surface area contributed by atoms with Gasteiger partial charge in [0.2, 0.25) is 11.8 Å². The molecule has 2 aromatic carbocycles. The first-order valence-corrected chi connectivity index (χ1v) is 8.79. The van der Waals surface area contributed by atoms with E-state index in [0.717, 1.165) is 5.56 Å². The van der Waals surface area contributed by atoms with Crippen LogP contribution in [0.1, 0.15) is 18.9 Å². The van der Waals surface area contributed by atoms with Crippen LogP contribution in [0.25, 0.3) is 0 Å². The molecule has 2 amide bonds. The molecule has 0 aromatic heterocycles. The fourth-order valence-electron chi connectivity index (χ4n) is 2.49. The van der Waals surface area contributed by atoms with Gasteiger partial charge in [-0.25, -0.2) is 0 Å². The molecule has 2 aromatic rings. The van der Waals surface area contributed by atoms with E-state index >= 15 is 0 Å². The number of benzene rings is 2. The number of halogens is 2. The summed E-state index contributed by atoms with van der Waals surface area (Å²) in [6, 6.07) is 12.3. The summed E-state index contributed by atoms with van der Waals surface area (Å²) in [7, 11) is 1.58. The Bertz CT molecular complexity index is 796. The van der Waals surface area contributed by atoms with E-state index in [4.69, 9.17) is 27.9 Å². The highest BCUT2D eigenvalue weighted by atomic mass is 35.5. The summed E-state index contributed by atoms with van der Waals surface area (Å²) in [5.74, 6) is 0.338. The fourth-order valence-corrected chi connectivity index (χ4v) is 3.00. The number of para-hydroxylation sites is 1. The van der Waals surface area contributed by atoms with Gasteiger partial charge in [-0.3, -0.25) is 9.59 Å². The summed E-state index contributed by atoms with van der Waals surface area (Å²) in [5.41, 5.74) is 1.41. The third-order valence-corrected chi connectivity index (χ3v) is 4.35. The molecule has 2 rings (SSSR count). The van der Waals surface area contributed by atoms with Crippen LogP contribution in [0.2, 0.25) is 10.0 Å². The van der Waals surface area contributed by atoms with E-state index in [-0.39, 0.29) is 24.8 Å². The van der Waals surface area contributed by atoms with Crippen molar-refractivity contribution in [2.45, 2.75) is 19.9 Å². The minimum absolute atomic E-state index is 0.147. The van der Waals surface area contributed by atoms with Crippen molar-refractivity contribution in [1.29, 1.82) is 0 Å². The van der Waals surface area contributed by atoms with Crippen molar-refractivity contribution >= 4 is 40.7 Å². The van der Waals surface area contributed by atoms with Crippen LogP contribution in [0.5, 0.6) is 5.75 Å². The van der Waals surface area contributed by atoms with Crippen LogP contribution >= 0.6 is 23.2 Å². The van der Waals surface area contributed by atoms with Crippen molar-refractivity contribution in [2.75, 3.05) is 18.6 Å². The number of rotatable bonds is 7. The summed E-state index contributed by atoms with van der Waals surface area (Å²) >= 11 is 12.1. The van der Waals surface area contributed by atoms with Crippen LogP contribution in [-0.2, 0) is 16.1 Å². The highest BCUT2D eigenvalue weighted by Crippen LogP contribution is 2.29. The Morgan fingerprint density at radius 2 is 1.88 bits per heavy atom. The highest BCUT2D eigenvalue weighted by molar-refractivity contribution is 6.36. The molecule has 0 spiro atoms. The molecule has 5 nitrogen and oxygen atoms in total. The number of carbonyl (C=O) groups is 2. The average Bonchev–Trinajstić information content (AvgIpc) is 2.61. The summed E-state index contributed by atoms with van der Waals surface area (Å²) < 4.78 is 5.26. The van der Waals surface area contributed by atoms with Crippen LogP contribution in [0.15, 0.2) is 42.5 Å². The second-order valence-corrected chi connectivity index (χ2v) is 6.45. The predicted molar refractivity (Wildman–Crippen MR) is 104 cm³/mol. The number of nitrogens with one attached hydrogen (secondary N) is 1.